The number of aliphatic carboxylic acids is 1. The minimum Gasteiger partial charge on any atom is -0.479 e. The molecule has 1 aliphatic rings. The minimum absolute atomic E-state index is 0. The van der Waals surface area contributed by atoms with Gasteiger partial charge in [-0.1, -0.05) is 81.5 Å². The number of rotatable bonds is 10. The van der Waals surface area contributed by atoms with E-state index in [1.165, 1.54) is 25.7 Å². The van der Waals surface area contributed by atoms with Crippen LogP contribution in [-0.4, -0.2) is 23.3 Å². The number of hydrogen-bond acceptors (Lipinski definition) is 2. The van der Waals surface area contributed by atoms with Crippen molar-refractivity contribution in [3.8, 4) is 0 Å². The summed E-state index contributed by atoms with van der Waals surface area (Å²) in [6.45, 7) is 2.70. The first-order valence-corrected chi connectivity index (χ1v) is 9.00. The minimum atomic E-state index is -1.21. The maximum absolute atomic E-state index is 11.7. The van der Waals surface area contributed by atoms with E-state index in [0.29, 0.717) is 13.0 Å². The van der Waals surface area contributed by atoms with E-state index in [1.807, 2.05) is 42.5 Å². The molecule has 4 heteroatoms. The normalized spacial score (nSPS) is 19.2. The van der Waals surface area contributed by atoms with Gasteiger partial charge in [-0.05, 0) is 23.6 Å². The highest BCUT2D eigenvalue weighted by molar-refractivity contribution is 5.86. The third-order valence-electron chi connectivity index (χ3n) is 4.48. The van der Waals surface area contributed by atoms with Crippen molar-refractivity contribution < 1.29 is 14.6 Å². The maximum Gasteiger partial charge on any atom is 0.340 e. The molecule has 1 N–H and O–H groups in total. The van der Waals surface area contributed by atoms with Crippen LogP contribution in [0.15, 0.2) is 48.6 Å². The average Bonchev–Trinajstić information content (AvgIpc) is 2.62. The maximum atomic E-state index is 11.7. The van der Waals surface area contributed by atoms with Crippen LogP contribution in [0.2, 0.25) is 0 Å². The largest absolute Gasteiger partial charge is 0.479 e. The standard InChI is InChI=1S/C21H28O3.ClH/c1-2-3-4-5-6-10-17-24-21(20(22)23)15-13-19(14-16-21)18-11-8-7-9-12-18;/h7-9,11-15H,2-6,10,16-17H2,1H3,(H,22,23);1H. The lowest BCUT2D eigenvalue weighted by Crippen LogP contribution is -2.40. The van der Waals surface area contributed by atoms with Crippen molar-refractivity contribution in [2.24, 2.45) is 0 Å². The number of carboxylic acid groups (broad SMARTS) is 1. The lowest BCUT2D eigenvalue weighted by atomic mass is 9.89. The zero-order valence-corrected chi connectivity index (χ0v) is 15.8. The summed E-state index contributed by atoms with van der Waals surface area (Å²) >= 11 is 0. The Morgan fingerprint density at radius 2 is 1.80 bits per heavy atom. The van der Waals surface area contributed by atoms with E-state index >= 15 is 0 Å². The van der Waals surface area contributed by atoms with Crippen molar-refractivity contribution in [2.75, 3.05) is 6.61 Å². The fourth-order valence-corrected chi connectivity index (χ4v) is 2.93. The summed E-state index contributed by atoms with van der Waals surface area (Å²) in [6.07, 6.45) is 12.9. The van der Waals surface area contributed by atoms with E-state index in [2.05, 4.69) is 6.92 Å². The molecule has 1 atom stereocenters. The summed E-state index contributed by atoms with van der Waals surface area (Å²) < 4.78 is 5.79. The summed E-state index contributed by atoms with van der Waals surface area (Å²) in [5.74, 6) is -0.909. The van der Waals surface area contributed by atoms with Gasteiger partial charge in [-0.2, -0.15) is 0 Å². The summed E-state index contributed by atoms with van der Waals surface area (Å²) in [5.41, 5.74) is 0.945. The number of hydrogen-bond donors (Lipinski definition) is 1. The molecule has 1 aliphatic carbocycles. The number of carbonyl (C=O) groups is 1. The molecule has 0 saturated carbocycles. The smallest absolute Gasteiger partial charge is 0.340 e. The second-order valence-electron chi connectivity index (χ2n) is 6.37. The Labute approximate surface area is 157 Å². The van der Waals surface area contributed by atoms with Gasteiger partial charge >= 0.3 is 5.97 Å². The molecule has 1 aromatic carbocycles. The Morgan fingerprint density at radius 3 is 2.40 bits per heavy atom. The number of ether oxygens (including phenoxy) is 1. The van der Waals surface area contributed by atoms with Crippen LogP contribution in [0, 0.1) is 0 Å². The van der Waals surface area contributed by atoms with Gasteiger partial charge in [0.2, 0.25) is 0 Å². The van der Waals surface area contributed by atoms with E-state index < -0.39 is 11.6 Å². The zero-order chi connectivity index (χ0) is 17.3. The van der Waals surface area contributed by atoms with Gasteiger partial charge in [-0.25, -0.2) is 4.79 Å². The highest BCUT2D eigenvalue weighted by Gasteiger charge is 2.37. The summed E-state index contributed by atoms with van der Waals surface area (Å²) in [7, 11) is 0. The molecule has 0 bridgehead atoms. The van der Waals surface area contributed by atoms with Gasteiger partial charge in [-0.3, -0.25) is 0 Å². The van der Waals surface area contributed by atoms with Gasteiger partial charge in [0.15, 0.2) is 5.60 Å². The first-order valence-electron chi connectivity index (χ1n) is 9.00. The second kappa shape index (κ2) is 11.1. The van der Waals surface area contributed by atoms with Crippen molar-refractivity contribution in [1.29, 1.82) is 0 Å². The predicted octanol–water partition coefficient (Wildman–Crippen LogP) is 5.65. The molecule has 3 nitrogen and oxygen atoms in total. The van der Waals surface area contributed by atoms with E-state index in [1.54, 1.807) is 6.08 Å². The number of benzene rings is 1. The van der Waals surface area contributed by atoms with Gasteiger partial charge in [0.1, 0.15) is 0 Å². The number of carboxylic acids is 1. The summed E-state index contributed by atoms with van der Waals surface area (Å²) in [4.78, 5) is 11.7. The summed E-state index contributed by atoms with van der Waals surface area (Å²) in [6, 6.07) is 10.0. The van der Waals surface area contributed by atoms with Crippen LogP contribution in [-0.2, 0) is 9.53 Å². The molecule has 1 unspecified atom stereocenters. The van der Waals surface area contributed by atoms with Crippen LogP contribution in [0.5, 0.6) is 0 Å². The second-order valence-corrected chi connectivity index (χ2v) is 6.37. The third-order valence-corrected chi connectivity index (χ3v) is 4.48. The van der Waals surface area contributed by atoms with Crippen LogP contribution in [0.25, 0.3) is 5.57 Å². The molecule has 0 fully saturated rings. The average molecular weight is 365 g/mol. The van der Waals surface area contributed by atoms with E-state index in [0.717, 1.165) is 24.0 Å². The first-order chi connectivity index (χ1) is 11.7. The fraction of sp³-hybridized carbons (Fsp3) is 0.476. The number of allylic oxidation sites excluding steroid dienone is 2. The molecule has 0 aromatic heterocycles. The quantitative estimate of drug-likeness (QED) is 0.545. The molecule has 138 valence electrons. The Kier molecular flexibility index (Phi) is 9.54. The molecule has 1 aromatic rings. The zero-order valence-electron chi connectivity index (χ0n) is 14.9. The Morgan fingerprint density at radius 1 is 1.12 bits per heavy atom. The lowest BCUT2D eigenvalue weighted by molar-refractivity contribution is -0.159. The van der Waals surface area contributed by atoms with Crippen LogP contribution in [0.4, 0.5) is 0 Å². The highest BCUT2D eigenvalue weighted by Crippen LogP contribution is 2.30. The highest BCUT2D eigenvalue weighted by atomic mass is 35.5. The molecule has 0 amide bonds. The molecule has 0 saturated heterocycles. The van der Waals surface area contributed by atoms with Crippen LogP contribution >= 0.6 is 12.4 Å². The van der Waals surface area contributed by atoms with Crippen molar-refractivity contribution in [3.63, 3.8) is 0 Å². The van der Waals surface area contributed by atoms with Crippen LogP contribution in [0.1, 0.15) is 57.4 Å². The Balaban J connectivity index is 0.00000312. The van der Waals surface area contributed by atoms with Crippen molar-refractivity contribution in [3.05, 3.63) is 54.1 Å². The number of halogens is 1. The topological polar surface area (TPSA) is 46.5 Å². The van der Waals surface area contributed by atoms with E-state index in [-0.39, 0.29) is 12.4 Å². The Hall–Kier alpha value is -1.58. The third kappa shape index (κ3) is 6.33. The van der Waals surface area contributed by atoms with Crippen molar-refractivity contribution in [1.82, 2.24) is 0 Å². The molecule has 0 aliphatic heterocycles. The molecular formula is C21H29ClO3. The summed E-state index contributed by atoms with van der Waals surface area (Å²) in [5, 5.41) is 9.61. The predicted molar refractivity (Wildman–Crippen MR) is 105 cm³/mol. The van der Waals surface area contributed by atoms with E-state index in [4.69, 9.17) is 4.74 Å². The molecular weight excluding hydrogens is 336 g/mol. The molecule has 0 heterocycles. The lowest BCUT2D eigenvalue weighted by Gasteiger charge is -2.28. The molecule has 25 heavy (non-hydrogen) atoms. The monoisotopic (exact) mass is 364 g/mol. The first kappa shape index (κ1) is 21.5. The molecule has 0 spiro atoms. The van der Waals surface area contributed by atoms with Gasteiger partial charge in [-0.15, -0.1) is 12.4 Å². The Bertz CT molecular complexity index is 580. The van der Waals surface area contributed by atoms with Gasteiger partial charge in [0.05, 0.1) is 0 Å². The van der Waals surface area contributed by atoms with Gasteiger partial charge in [0, 0.05) is 13.0 Å². The van der Waals surface area contributed by atoms with Crippen LogP contribution in [0.3, 0.4) is 0 Å². The van der Waals surface area contributed by atoms with Gasteiger partial charge in [0.25, 0.3) is 0 Å². The van der Waals surface area contributed by atoms with E-state index in [9.17, 15) is 9.90 Å². The molecule has 2 rings (SSSR count). The fourth-order valence-electron chi connectivity index (χ4n) is 2.93. The SMILES string of the molecule is CCCCCCCCOC1(C(=O)O)C=CC(c2ccccc2)=CC1.Cl. The number of unbranched alkanes of at least 4 members (excludes halogenated alkanes) is 5. The van der Waals surface area contributed by atoms with Gasteiger partial charge < -0.3 is 9.84 Å². The van der Waals surface area contributed by atoms with Crippen molar-refractivity contribution in [2.45, 2.75) is 57.5 Å². The molecule has 0 radical (unpaired) electrons. The van der Waals surface area contributed by atoms with Crippen molar-refractivity contribution >= 4 is 23.9 Å². The van der Waals surface area contributed by atoms with Crippen LogP contribution < -0.4 is 0 Å².